The molecule has 0 aliphatic carbocycles. The summed E-state index contributed by atoms with van der Waals surface area (Å²) in [5.41, 5.74) is 5.20. The summed E-state index contributed by atoms with van der Waals surface area (Å²) in [6.45, 7) is 2.59. The summed E-state index contributed by atoms with van der Waals surface area (Å²) in [4.78, 5) is 4.37. The maximum atomic E-state index is 5.20. The van der Waals surface area contributed by atoms with Crippen LogP contribution in [0.2, 0.25) is 0 Å². The fourth-order valence-corrected chi connectivity index (χ4v) is 0.575. The van der Waals surface area contributed by atoms with E-state index in [9.17, 15) is 0 Å². The van der Waals surface area contributed by atoms with Crippen molar-refractivity contribution in [2.24, 2.45) is 11.6 Å². The van der Waals surface area contributed by atoms with Gasteiger partial charge in [-0.15, -0.1) is 0 Å². The van der Waals surface area contributed by atoms with Gasteiger partial charge >= 0.3 is 0 Å². The standard InChI is InChI=1S/C6H16N2O2/c7-3-6-9-4-1-2-5-10-8/h1-8H2. The maximum absolute atomic E-state index is 5.20. The van der Waals surface area contributed by atoms with E-state index in [0.717, 1.165) is 19.4 Å². The van der Waals surface area contributed by atoms with E-state index in [2.05, 4.69) is 4.84 Å². The molecule has 0 rings (SSSR count). The van der Waals surface area contributed by atoms with Crippen LogP contribution in [0.5, 0.6) is 0 Å². The smallest absolute Gasteiger partial charge is 0.0680 e. The number of rotatable bonds is 7. The molecule has 0 radical (unpaired) electrons. The molecule has 4 heteroatoms. The summed E-state index contributed by atoms with van der Waals surface area (Å²) in [7, 11) is 0. The molecule has 0 atom stereocenters. The number of nitrogens with two attached hydrogens (primary N) is 2. The summed E-state index contributed by atoms with van der Waals surface area (Å²) < 4.78 is 5.11. The molecule has 0 aliphatic rings. The Morgan fingerprint density at radius 1 is 1.00 bits per heavy atom. The lowest BCUT2D eigenvalue weighted by molar-refractivity contribution is 0.107. The zero-order valence-electron chi connectivity index (χ0n) is 6.21. The van der Waals surface area contributed by atoms with Gasteiger partial charge in [0.15, 0.2) is 0 Å². The Morgan fingerprint density at radius 3 is 2.30 bits per heavy atom. The molecule has 4 N–H and O–H groups in total. The van der Waals surface area contributed by atoms with Gasteiger partial charge in [-0.25, -0.2) is 5.90 Å². The molecule has 0 spiro atoms. The van der Waals surface area contributed by atoms with E-state index in [4.69, 9.17) is 16.4 Å². The van der Waals surface area contributed by atoms with Gasteiger partial charge in [0.05, 0.1) is 13.2 Å². The Bertz CT molecular complexity index is 53.7. The third kappa shape index (κ3) is 7.84. The molecule has 0 saturated heterocycles. The number of unbranched alkanes of at least 4 members (excludes halogenated alkanes) is 1. The Hall–Kier alpha value is -0.160. The molecule has 0 bridgehead atoms. The zero-order chi connectivity index (χ0) is 7.66. The third-order valence-electron chi connectivity index (χ3n) is 1.06. The van der Waals surface area contributed by atoms with E-state index in [1.54, 1.807) is 0 Å². The normalized spacial score (nSPS) is 10.2. The van der Waals surface area contributed by atoms with Crippen LogP contribution in [-0.4, -0.2) is 26.4 Å². The van der Waals surface area contributed by atoms with Crippen LogP contribution in [0.15, 0.2) is 0 Å². The minimum absolute atomic E-state index is 0.591. The van der Waals surface area contributed by atoms with Gasteiger partial charge in [-0.1, -0.05) is 0 Å². The first kappa shape index (κ1) is 9.84. The molecule has 0 amide bonds. The lowest BCUT2D eigenvalue weighted by Gasteiger charge is -2.00. The second kappa shape index (κ2) is 8.84. The van der Waals surface area contributed by atoms with Gasteiger partial charge in [0.1, 0.15) is 0 Å². The highest BCUT2D eigenvalue weighted by Gasteiger charge is 1.87. The molecule has 0 heterocycles. The van der Waals surface area contributed by atoms with E-state index in [1.165, 1.54) is 0 Å². The summed E-state index contributed by atoms with van der Waals surface area (Å²) in [5, 5.41) is 0. The van der Waals surface area contributed by atoms with Crippen LogP contribution in [-0.2, 0) is 9.57 Å². The minimum Gasteiger partial charge on any atom is -0.380 e. The number of hydrogen-bond acceptors (Lipinski definition) is 4. The molecule has 0 fully saturated rings. The van der Waals surface area contributed by atoms with E-state index in [-0.39, 0.29) is 0 Å². The van der Waals surface area contributed by atoms with Crippen molar-refractivity contribution in [1.29, 1.82) is 0 Å². The Balaban J connectivity index is 2.65. The van der Waals surface area contributed by atoms with Crippen molar-refractivity contribution in [2.45, 2.75) is 12.8 Å². The molecular weight excluding hydrogens is 132 g/mol. The molecule has 0 unspecified atom stereocenters. The lowest BCUT2D eigenvalue weighted by Crippen LogP contribution is -2.09. The van der Waals surface area contributed by atoms with Crippen LogP contribution in [0.4, 0.5) is 0 Å². The van der Waals surface area contributed by atoms with Gasteiger partial charge in [-0.3, -0.25) is 0 Å². The average Bonchev–Trinajstić information content (AvgIpc) is 1.97. The first-order valence-electron chi connectivity index (χ1n) is 3.51. The van der Waals surface area contributed by atoms with Gasteiger partial charge in [-0.2, -0.15) is 0 Å². The minimum atomic E-state index is 0.591. The fourth-order valence-electron chi connectivity index (χ4n) is 0.575. The van der Waals surface area contributed by atoms with Crippen molar-refractivity contribution in [3.63, 3.8) is 0 Å². The van der Waals surface area contributed by atoms with Crippen LogP contribution < -0.4 is 11.6 Å². The Labute approximate surface area is 61.4 Å². The van der Waals surface area contributed by atoms with E-state index in [0.29, 0.717) is 19.8 Å². The van der Waals surface area contributed by atoms with E-state index < -0.39 is 0 Å². The Morgan fingerprint density at radius 2 is 1.70 bits per heavy atom. The van der Waals surface area contributed by atoms with Crippen molar-refractivity contribution in [3.05, 3.63) is 0 Å². The molecule has 0 saturated carbocycles. The molecule has 4 nitrogen and oxygen atoms in total. The molecule has 0 aliphatic heterocycles. The lowest BCUT2D eigenvalue weighted by atomic mass is 10.3. The van der Waals surface area contributed by atoms with Gasteiger partial charge in [0, 0.05) is 13.2 Å². The molecular formula is C6H16N2O2. The summed E-state index contributed by atoms with van der Waals surface area (Å²) in [5.74, 6) is 4.81. The van der Waals surface area contributed by atoms with Crippen LogP contribution in [0, 0.1) is 0 Å². The summed E-state index contributed by atoms with van der Waals surface area (Å²) in [6.07, 6.45) is 1.93. The van der Waals surface area contributed by atoms with E-state index >= 15 is 0 Å². The van der Waals surface area contributed by atoms with E-state index in [1.807, 2.05) is 0 Å². The van der Waals surface area contributed by atoms with Gasteiger partial charge < -0.3 is 15.3 Å². The largest absolute Gasteiger partial charge is 0.380 e. The molecule has 10 heavy (non-hydrogen) atoms. The van der Waals surface area contributed by atoms with Crippen LogP contribution in [0.1, 0.15) is 12.8 Å². The first-order valence-corrected chi connectivity index (χ1v) is 3.51. The summed E-state index contributed by atoms with van der Waals surface area (Å²) in [6, 6.07) is 0. The predicted octanol–water partition coefficient (Wildman–Crippen LogP) is -0.368. The van der Waals surface area contributed by atoms with Crippen LogP contribution in [0.25, 0.3) is 0 Å². The maximum Gasteiger partial charge on any atom is 0.0680 e. The van der Waals surface area contributed by atoms with Crippen LogP contribution in [0.3, 0.4) is 0 Å². The zero-order valence-corrected chi connectivity index (χ0v) is 6.21. The second-order valence-corrected chi connectivity index (χ2v) is 1.98. The highest BCUT2D eigenvalue weighted by molar-refractivity contribution is 4.37. The van der Waals surface area contributed by atoms with Gasteiger partial charge in [0.2, 0.25) is 0 Å². The molecule has 62 valence electrons. The topological polar surface area (TPSA) is 70.5 Å². The molecule has 0 aromatic carbocycles. The van der Waals surface area contributed by atoms with Gasteiger partial charge in [-0.05, 0) is 12.8 Å². The monoisotopic (exact) mass is 148 g/mol. The molecule has 0 aromatic heterocycles. The van der Waals surface area contributed by atoms with Crippen molar-refractivity contribution in [3.8, 4) is 0 Å². The third-order valence-corrected chi connectivity index (χ3v) is 1.06. The Kier molecular flexibility index (Phi) is 8.70. The quantitative estimate of drug-likeness (QED) is 0.382. The second-order valence-electron chi connectivity index (χ2n) is 1.98. The highest BCUT2D eigenvalue weighted by atomic mass is 16.6. The number of hydrogen-bond donors (Lipinski definition) is 2. The highest BCUT2D eigenvalue weighted by Crippen LogP contribution is 1.88. The van der Waals surface area contributed by atoms with Crippen LogP contribution >= 0.6 is 0 Å². The van der Waals surface area contributed by atoms with Crippen molar-refractivity contribution < 1.29 is 9.57 Å². The fraction of sp³-hybridized carbons (Fsp3) is 1.00. The van der Waals surface area contributed by atoms with Gasteiger partial charge in [0.25, 0.3) is 0 Å². The average molecular weight is 148 g/mol. The van der Waals surface area contributed by atoms with Crippen molar-refractivity contribution >= 4 is 0 Å². The number of ether oxygens (including phenoxy) is 1. The summed E-state index contributed by atoms with van der Waals surface area (Å²) >= 11 is 0. The van der Waals surface area contributed by atoms with Crippen molar-refractivity contribution in [1.82, 2.24) is 0 Å². The SMILES string of the molecule is NCCOCCCCON. The first-order chi connectivity index (χ1) is 4.91. The van der Waals surface area contributed by atoms with Crippen molar-refractivity contribution in [2.75, 3.05) is 26.4 Å². The molecule has 0 aromatic rings. The predicted molar refractivity (Wildman–Crippen MR) is 39.2 cm³/mol.